The van der Waals surface area contributed by atoms with Crippen molar-refractivity contribution in [2.45, 2.75) is 6.92 Å². The molecule has 0 saturated heterocycles. The highest BCUT2D eigenvalue weighted by Gasteiger charge is 2.23. The fourth-order valence-electron chi connectivity index (χ4n) is 1.49. The lowest BCUT2D eigenvalue weighted by molar-refractivity contribution is -0.131. The number of benzene rings is 1. The molecule has 0 radical (unpaired) electrons. The normalized spacial score (nSPS) is 9.88. The van der Waals surface area contributed by atoms with Gasteiger partial charge in [-0.2, -0.15) is 0 Å². The third-order valence-electron chi connectivity index (χ3n) is 2.29. The van der Waals surface area contributed by atoms with Crippen LogP contribution in [0.2, 0.25) is 5.02 Å². The zero-order valence-corrected chi connectivity index (χ0v) is 10.3. The van der Waals surface area contributed by atoms with E-state index in [0.717, 1.165) is 0 Å². The van der Waals surface area contributed by atoms with E-state index in [0.29, 0.717) is 5.56 Å². The maximum absolute atomic E-state index is 11.4. The molecule has 0 aliphatic heterocycles. The number of carbonyl (C=O) groups excluding carboxylic acids is 1. The molecule has 92 valence electrons. The molecule has 0 heterocycles. The Morgan fingerprint density at radius 1 is 1.24 bits per heavy atom. The molecular weight excluding hydrogens is 248 g/mol. The lowest BCUT2D eigenvalue weighted by Gasteiger charge is -2.14. The maximum atomic E-state index is 11.4. The predicted molar refractivity (Wildman–Crippen MR) is 61.3 cm³/mol. The van der Waals surface area contributed by atoms with Crippen molar-refractivity contribution >= 4 is 23.4 Å². The molecule has 17 heavy (non-hydrogen) atoms. The van der Waals surface area contributed by atoms with Crippen molar-refractivity contribution in [2.75, 3.05) is 14.2 Å². The average Bonchev–Trinajstić information content (AvgIpc) is 2.29. The predicted octanol–water partition coefficient (Wildman–Crippen LogP) is 1.93. The Morgan fingerprint density at radius 3 is 2.18 bits per heavy atom. The monoisotopic (exact) mass is 258 g/mol. The van der Waals surface area contributed by atoms with Gasteiger partial charge in [-0.3, -0.25) is 4.79 Å². The zero-order valence-electron chi connectivity index (χ0n) is 9.54. The van der Waals surface area contributed by atoms with E-state index in [4.69, 9.17) is 26.2 Å². The maximum Gasteiger partial charge on any atom is 0.377 e. The highest BCUT2D eigenvalue weighted by Crippen LogP contribution is 2.39. The van der Waals surface area contributed by atoms with Gasteiger partial charge in [0.2, 0.25) is 0 Å². The molecule has 0 amide bonds. The lowest BCUT2D eigenvalue weighted by atomic mass is 10.0. The number of Topliss-reactive ketones (excluding diaryl/α,β-unsaturated/α-hetero) is 1. The van der Waals surface area contributed by atoms with Crippen LogP contribution in [0, 0.1) is 6.92 Å². The minimum Gasteiger partial charge on any atom is -0.493 e. The summed E-state index contributed by atoms with van der Waals surface area (Å²) in [6.07, 6.45) is 0. The third kappa shape index (κ3) is 2.34. The van der Waals surface area contributed by atoms with Crippen molar-refractivity contribution in [3.8, 4) is 11.5 Å². The van der Waals surface area contributed by atoms with Gasteiger partial charge in [0.15, 0.2) is 11.5 Å². The number of ketones is 1. The van der Waals surface area contributed by atoms with Gasteiger partial charge in [-0.25, -0.2) is 4.79 Å². The van der Waals surface area contributed by atoms with Crippen molar-refractivity contribution in [1.29, 1.82) is 0 Å². The number of carboxylic acids is 1. The first kappa shape index (κ1) is 13.3. The third-order valence-corrected chi connectivity index (χ3v) is 2.57. The smallest absolute Gasteiger partial charge is 0.377 e. The molecule has 1 aromatic carbocycles. The topological polar surface area (TPSA) is 72.8 Å². The van der Waals surface area contributed by atoms with Crippen LogP contribution in [-0.4, -0.2) is 31.1 Å². The molecule has 0 saturated carbocycles. The molecular formula is C11H11ClO5. The number of aliphatic carboxylic acids is 1. The second-order valence-electron chi connectivity index (χ2n) is 3.23. The Bertz CT molecular complexity index is 481. The van der Waals surface area contributed by atoms with E-state index in [1.807, 2.05) is 0 Å². The molecule has 1 N–H and O–H groups in total. The molecule has 0 aromatic heterocycles. The summed E-state index contributed by atoms with van der Waals surface area (Å²) in [4.78, 5) is 22.1. The van der Waals surface area contributed by atoms with Gasteiger partial charge >= 0.3 is 5.97 Å². The Hall–Kier alpha value is -1.75. The number of methoxy groups -OCH3 is 2. The Balaban J connectivity index is 3.51. The number of hydrogen-bond donors (Lipinski definition) is 1. The first-order chi connectivity index (χ1) is 7.93. The minimum absolute atomic E-state index is 0.0137. The summed E-state index contributed by atoms with van der Waals surface area (Å²) in [5.41, 5.74) is 0.362. The van der Waals surface area contributed by atoms with Crippen LogP contribution in [0.4, 0.5) is 0 Å². The van der Waals surface area contributed by atoms with Gasteiger partial charge in [0.25, 0.3) is 5.78 Å². The molecule has 0 unspecified atom stereocenters. The molecule has 6 heteroatoms. The standard InChI is InChI=1S/C11H11ClO5/c1-5-6(8(13)11(14)15)4-7(12)10(17-3)9(5)16-2/h4H,1-3H3,(H,14,15). The highest BCUT2D eigenvalue weighted by atomic mass is 35.5. The van der Waals surface area contributed by atoms with E-state index in [1.54, 1.807) is 6.92 Å². The number of rotatable bonds is 4. The summed E-state index contributed by atoms with van der Waals surface area (Å²) in [7, 11) is 2.79. The van der Waals surface area contributed by atoms with Crippen LogP contribution in [0.3, 0.4) is 0 Å². The van der Waals surface area contributed by atoms with E-state index >= 15 is 0 Å². The number of ether oxygens (including phenoxy) is 2. The average molecular weight is 259 g/mol. The van der Waals surface area contributed by atoms with Crippen LogP contribution in [0.5, 0.6) is 11.5 Å². The van der Waals surface area contributed by atoms with Gasteiger partial charge in [-0.15, -0.1) is 0 Å². The molecule has 0 aliphatic rings. The molecule has 0 bridgehead atoms. The zero-order chi connectivity index (χ0) is 13.2. The van der Waals surface area contributed by atoms with E-state index in [-0.39, 0.29) is 22.1 Å². The molecule has 5 nitrogen and oxygen atoms in total. The summed E-state index contributed by atoms with van der Waals surface area (Å²) >= 11 is 5.88. The molecule has 0 atom stereocenters. The first-order valence-corrected chi connectivity index (χ1v) is 5.00. The molecule has 0 spiro atoms. The molecule has 0 fully saturated rings. The summed E-state index contributed by atoms with van der Waals surface area (Å²) in [6, 6.07) is 1.26. The minimum atomic E-state index is -1.55. The molecule has 0 aliphatic carbocycles. The van der Waals surface area contributed by atoms with Gasteiger partial charge in [0.05, 0.1) is 19.2 Å². The first-order valence-electron chi connectivity index (χ1n) is 4.62. The van der Waals surface area contributed by atoms with Gasteiger partial charge in [-0.05, 0) is 13.0 Å². The van der Waals surface area contributed by atoms with Crippen molar-refractivity contribution in [2.24, 2.45) is 0 Å². The van der Waals surface area contributed by atoms with Crippen molar-refractivity contribution in [1.82, 2.24) is 0 Å². The quantitative estimate of drug-likeness (QED) is 0.660. The number of hydrogen-bond acceptors (Lipinski definition) is 4. The second-order valence-corrected chi connectivity index (χ2v) is 3.64. The fourth-order valence-corrected chi connectivity index (χ4v) is 1.76. The molecule has 1 rings (SSSR count). The van der Waals surface area contributed by atoms with Crippen LogP contribution in [-0.2, 0) is 4.79 Å². The van der Waals surface area contributed by atoms with Crippen LogP contribution in [0.25, 0.3) is 0 Å². The Morgan fingerprint density at radius 2 is 1.76 bits per heavy atom. The second kappa shape index (κ2) is 5.05. The molecule has 1 aromatic rings. The van der Waals surface area contributed by atoms with Crippen molar-refractivity contribution in [3.05, 3.63) is 22.2 Å². The number of carbonyl (C=O) groups is 2. The number of halogens is 1. The Kier molecular flexibility index (Phi) is 3.96. The van der Waals surface area contributed by atoms with Crippen LogP contribution < -0.4 is 9.47 Å². The Labute approximate surface area is 103 Å². The van der Waals surface area contributed by atoms with Crippen LogP contribution >= 0.6 is 11.6 Å². The van der Waals surface area contributed by atoms with E-state index < -0.39 is 11.8 Å². The van der Waals surface area contributed by atoms with Gasteiger partial charge in [-0.1, -0.05) is 11.6 Å². The summed E-state index contributed by atoms with van der Waals surface area (Å²) < 4.78 is 10.1. The fraction of sp³-hybridized carbons (Fsp3) is 0.273. The highest BCUT2D eigenvalue weighted by molar-refractivity contribution is 6.41. The van der Waals surface area contributed by atoms with Crippen molar-refractivity contribution < 1.29 is 24.2 Å². The van der Waals surface area contributed by atoms with E-state index in [9.17, 15) is 9.59 Å². The van der Waals surface area contributed by atoms with Gasteiger partial charge < -0.3 is 14.6 Å². The number of carboxylic acid groups (broad SMARTS) is 1. The largest absolute Gasteiger partial charge is 0.493 e. The SMILES string of the molecule is COc1c(Cl)cc(C(=O)C(=O)O)c(C)c1OC. The van der Waals surface area contributed by atoms with Crippen LogP contribution in [0.1, 0.15) is 15.9 Å². The summed E-state index contributed by atoms with van der Waals surface area (Å²) in [6.45, 7) is 1.56. The van der Waals surface area contributed by atoms with Crippen molar-refractivity contribution in [3.63, 3.8) is 0 Å². The van der Waals surface area contributed by atoms with E-state index in [2.05, 4.69) is 0 Å². The van der Waals surface area contributed by atoms with Gasteiger partial charge in [0.1, 0.15) is 0 Å². The van der Waals surface area contributed by atoms with E-state index in [1.165, 1.54) is 20.3 Å². The lowest BCUT2D eigenvalue weighted by Crippen LogP contribution is -2.15. The summed E-state index contributed by atoms with van der Waals surface area (Å²) in [5.74, 6) is -2.06. The van der Waals surface area contributed by atoms with Crippen LogP contribution in [0.15, 0.2) is 6.07 Å². The summed E-state index contributed by atoms with van der Waals surface area (Å²) in [5, 5.41) is 8.80. The van der Waals surface area contributed by atoms with Gasteiger partial charge in [0, 0.05) is 11.1 Å².